The van der Waals surface area contributed by atoms with E-state index in [0.717, 1.165) is 37.8 Å². The molecule has 2 N–H and O–H groups in total. The maximum Gasteiger partial charge on any atom is 0.258 e. The van der Waals surface area contributed by atoms with Crippen LogP contribution in [0.15, 0.2) is 41.3 Å². The smallest absolute Gasteiger partial charge is 0.258 e. The topological polar surface area (TPSA) is 75.3 Å². The molecule has 1 saturated carbocycles. The quantitative estimate of drug-likeness (QED) is 0.697. The van der Waals surface area contributed by atoms with E-state index in [9.17, 15) is 17.6 Å². The summed E-state index contributed by atoms with van der Waals surface area (Å²) < 4.78 is 42.6. The Hall–Kier alpha value is -1.96. The molecule has 0 bridgehead atoms. The van der Waals surface area contributed by atoms with Gasteiger partial charge >= 0.3 is 0 Å². The molecule has 3 rings (SSSR count). The van der Waals surface area contributed by atoms with Gasteiger partial charge in [-0.15, -0.1) is 0 Å². The summed E-state index contributed by atoms with van der Waals surface area (Å²) in [5, 5.41) is 3.06. The lowest BCUT2D eigenvalue weighted by Crippen LogP contribution is -2.41. The largest absolute Gasteiger partial charge is 0.322 e. The van der Waals surface area contributed by atoms with Crippen LogP contribution in [0.1, 0.15) is 48.5 Å². The first-order chi connectivity index (χ1) is 13.7. The molecule has 29 heavy (non-hydrogen) atoms. The number of sulfonamides is 1. The van der Waals surface area contributed by atoms with Crippen molar-refractivity contribution in [2.45, 2.75) is 50.5 Å². The van der Waals surface area contributed by atoms with Gasteiger partial charge in [-0.1, -0.05) is 37.4 Å². The summed E-state index contributed by atoms with van der Waals surface area (Å²) in [6.07, 6.45) is 3.78. The lowest BCUT2D eigenvalue weighted by molar-refractivity contribution is 0.102. The average Bonchev–Trinajstić information content (AvgIpc) is 2.67. The van der Waals surface area contributed by atoms with E-state index < -0.39 is 21.7 Å². The first-order valence-electron chi connectivity index (χ1n) is 9.57. The number of amides is 1. The Bertz CT molecular complexity index is 1030. The second-order valence-electron chi connectivity index (χ2n) is 7.50. The van der Waals surface area contributed by atoms with Crippen LogP contribution < -0.4 is 10.0 Å². The van der Waals surface area contributed by atoms with E-state index in [1.54, 1.807) is 25.1 Å². The van der Waals surface area contributed by atoms with Gasteiger partial charge in [-0.2, -0.15) is 0 Å². The minimum absolute atomic E-state index is 0.135. The van der Waals surface area contributed by atoms with E-state index in [1.807, 2.05) is 6.92 Å². The highest BCUT2D eigenvalue weighted by molar-refractivity contribution is 7.89. The first-order valence-corrected chi connectivity index (χ1v) is 11.4. The van der Waals surface area contributed by atoms with E-state index in [1.165, 1.54) is 6.07 Å². The molecule has 1 fully saturated rings. The van der Waals surface area contributed by atoms with Crippen LogP contribution >= 0.6 is 11.6 Å². The molecular formula is C21H24ClFN2O3S. The standard InChI is InChI=1S/C21H24ClFN2O3S/c1-13-6-3-4-8-19(13)25-29(27,28)15-10-11-18(23)16(12-15)21(26)24-20-9-5-7-17(22)14(20)2/h5,7,9-13,19,25H,3-4,6,8H2,1-2H3,(H,24,26)/t13-,19-/m0/s1. The van der Waals surface area contributed by atoms with E-state index in [-0.39, 0.29) is 22.4 Å². The minimum Gasteiger partial charge on any atom is -0.322 e. The Morgan fingerprint density at radius 3 is 2.62 bits per heavy atom. The third kappa shape index (κ3) is 4.97. The van der Waals surface area contributed by atoms with E-state index >= 15 is 0 Å². The number of hydrogen-bond donors (Lipinski definition) is 2. The molecule has 8 heteroatoms. The van der Waals surface area contributed by atoms with E-state index in [2.05, 4.69) is 10.0 Å². The van der Waals surface area contributed by atoms with Gasteiger partial charge in [0.1, 0.15) is 5.82 Å². The maximum absolute atomic E-state index is 14.3. The molecule has 0 aliphatic heterocycles. The molecule has 1 amide bonds. The van der Waals surface area contributed by atoms with Gasteiger partial charge in [0.25, 0.3) is 5.91 Å². The molecule has 0 aromatic heterocycles. The SMILES string of the molecule is Cc1c(Cl)cccc1NC(=O)c1cc(S(=O)(=O)N[C@H]2CCCC[C@@H]2C)ccc1F. The van der Waals surface area contributed by atoms with Crippen LogP contribution in [-0.2, 0) is 10.0 Å². The fourth-order valence-electron chi connectivity index (χ4n) is 3.54. The molecule has 5 nitrogen and oxygen atoms in total. The van der Waals surface area contributed by atoms with Crippen LogP contribution in [0.5, 0.6) is 0 Å². The number of carbonyl (C=O) groups is 1. The van der Waals surface area contributed by atoms with Gasteiger partial charge in [0.2, 0.25) is 10.0 Å². The Kier molecular flexibility index (Phi) is 6.61. The third-order valence-corrected chi connectivity index (χ3v) is 7.32. The monoisotopic (exact) mass is 438 g/mol. The second kappa shape index (κ2) is 8.81. The molecule has 0 saturated heterocycles. The average molecular weight is 439 g/mol. The Balaban J connectivity index is 1.85. The number of hydrogen-bond acceptors (Lipinski definition) is 3. The number of anilines is 1. The van der Waals surface area contributed by atoms with Crippen molar-refractivity contribution in [3.05, 3.63) is 58.4 Å². The highest BCUT2D eigenvalue weighted by atomic mass is 35.5. The van der Waals surface area contributed by atoms with Gasteiger partial charge in [0.15, 0.2) is 0 Å². The van der Waals surface area contributed by atoms with Crippen LogP contribution in [-0.4, -0.2) is 20.4 Å². The molecular weight excluding hydrogens is 415 g/mol. The van der Waals surface area contributed by atoms with Crippen LogP contribution in [0.25, 0.3) is 0 Å². The summed E-state index contributed by atoms with van der Waals surface area (Å²) in [4.78, 5) is 12.5. The predicted octanol–water partition coefficient (Wildman–Crippen LogP) is 4.90. The summed E-state index contributed by atoms with van der Waals surface area (Å²) in [5.41, 5.74) is 0.730. The van der Waals surface area contributed by atoms with Crippen LogP contribution in [0.3, 0.4) is 0 Å². The fourth-order valence-corrected chi connectivity index (χ4v) is 5.12. The van der Waals surface area contributed by atoms with Crippen molar-refractivity contribution in [2.75, 3.05) is 5.32 Å². The summed E-state index contributed by atoms with van der Waals surface area (Å²) in [6, 6.07) is 8.07. The summed E-state index contributed by atoms with van der Waals surface area (Å²) >= 11 is 6.05. The van der Waals surface area contributed by atoms with Crippen molar-refractivity contribution in [3.8, 4) is 0 Å². The van der Waals surface area contributed by atoms with Crippen molar-refractivity contribution in [1.82, 2.24) is 4.72 Å². The number of benzene rings is 2. The van der Waals surface area contributed by atoms with E-state index in [0.29, 0.717) is 16.3 Å². The molecule has 0 heterocycles. The van der Waals surface area contributed by atoms with Crippen LogP contribution in [0.2, 0.25) is 5.02 Å². The van der Waals surface area contributed by atoms with Gasteiger partial charge in [-0.25, -0.2) is 17.5 Å². The predicted molar refractivity (Wildman–Crippen MR) is 112 cm³/mol. The minimum atomic E-state index is -3.87. The Morgan fingerprint density at radius 1 is 1.17 bits per heavy atom. The van der Waals surface area contributed by atoms with Gasteiger partial charge in [-0.3, -0.25) is 4.79 Å². The van der Waals surface area contributed by atoms with Gasteiger partial charge in [0.05, 0.1) is 10.5 Å². The Morgan fingerprint density at radius 2 is 1.90 bits per heavy atom. The molecule has 156 valence electrons. The molecule has 2 atom stereocenters. The number of rotatable bonds is 5. The van der Waals surface area contributed by atoms with Crippen molar-refractivity contribution in [1.29, 1.82) is 0 Å². The number of halogens is 2. The highest BCUT2D eigenvalue weighted by Gasteiger charge is 2.28. The van der Waals surface area contributed by atoms with Crippen molar-refractivity contribution in [3.63, 3.8) is 0 Å². The van der Waals surface area contributed by atoms with Gasteiger partial charge in [0, 0.05) is 16.8 Å². The third-order valence-electron chi connectivity index (χ3n) is 5.43. The summed E-state index contributed by atoms with van der Waals surface area (Å²) in [6.45, 7) is 3.74. The van der Waals surface area contributed by atoms with Crippen molar-refractivity contribution in [2.24, 2.45) is 5.92 Å². The molecule has 1 aliphatic rings. The number of nitrogens with one attached hydrogen (secondary N) is 2. The van der Waals surface area contributed by atoms with Crippen molar-refractivity contribution >= 4 is 33.2 Å². The zero-order chi connectivity index (χ0) is 21.2. The summed E-state index contributed by atoms with van der Waals surface area (Å²) in [7, 11) is -3.87. The summed E-state index contributed by atoms with van der Waals surface area (Å²) in [5.74, 6) is -1.31. The first kappa shape index (κ1) is 21.7. The fraction of sp³-hybridized carbons (Fsp3) is 0.381. The maximum atomic E-state index is 14.3. The zero-order valence-electron chi connectivity index (χ0n) is 16.3. The molecule has 2 aromatic rings. The second-order valence-corrected chi connectivity index (χ2v) is 9.62. The molecule has 0 spiro atoms. The van der Waals surface area contributed by atoms with E-state index in [4.69, 9.17) is 11.6 Å². The van der Waals surface area contributed by atoms with Crippen LogP contribution in [0, 0.1) is 18.7 Å². The number of carbonyl (C=O) groups excluding carboxylic acids is 1. The molecule has 0 unspecified atom stereocenters. The molecule has 2 aromatic carbocycles. The molecule has 1 aliphatic carbocycles. The molecule has 0 radical (unpaired) electrons. The zero-order valence-corrected chi connectivity index (χ0v) is 17.9. The normalized spacial score (nSPS) is 19.7. The van der Waals surface area contributed by atoms with Gasteiger partial charge < -0.3 is 5.32 Å². The Labute approximate surface area is 175 Å². The highest BCUT2D eigenvalue weighted by Crippen LogP contribution is 2.27. The van der Waals surface area contributed by atoms with Crippen LogP contribution in [0.4, 0.5) is 10.1 Å². The lowest BCUT2D eigenvalue weighted by Gasteiger charge is -2.29. The van der Waals surface area contributed by atoms with Crippen molar-refractivity contribution < 1.29 is 17.6 Å². The van der Waals surface area contributed by atoms with Gasteiger partial charge in [-0.05, 0) is 61.6 Å². The lowest BCUT2D eigenvalue weighted by atomic mass is 9.87.